The van der Waals surface area contributed by atoms with Crippen LogP contribution in [0.15, 0.2) is 22.8 Å². The zero-order valence-electron chi connectivity index (χ0n) is 6.30. The van der Waals surface area contributed by atoms with Crippen molar-refractivity contribution in [3.63, 3.8) is 0 Å². The summed E-state index contributed by atoms with van der Waals surface area (Å²) in [6.07, 6.45) is 0. The highest BCUT2D eigenvalue weighted by molar-refractivity contribution is 5.99. The normalized spacial score (nSPS) is 10.5. The lowest BCUT2D eigenvalue weighted by Gasteiger charge is -1.92. The van der Waals surface area contributed by atoms with Gasteiger partial charge >= 0.3 is 5.97 Å². The number of benzene rings is 1. The fourth-order valence-corrected chi connectivity index (χ4v) is 1.09. The first-order valence-electron chi connectivity index (χ1n) is 3.42. The number of hydrogen-bond acceptors (Lipinski definition) is 4. The third kappa shape index (κ3) is 0.994. The Bertz CT molecular complexity index is 476. The van der Waals surface area contributed by atoms with Crippen LogP contribution in [0.4, 0.5) is 0 Å². The van der Waals surface area contributed by atoms with Crippen LogP contribution in [0.25, 0.3) is 11.0 Å². The van der Waals surface area contributed by atoms with Gasteiger partial charge in [-0.2, -0.15) is 0 Å². The Labute approximate surface area is 71.5 Å². The van der Waals surface area contributed by atoms with Gasteiger partial charge in [-0.05, 0) is 17.0 Å². The van der Waals surface area contributed by atoms with Gasteiger partial charge in [0, 0.05) is 5.16 Å². The Hall–Kier alpha value is -2.11. The molecule has 0 saturated heterocycles. The number of aromatic nitrogens is 2. The molecule has 6 heteroatoms. The van der Waals surface area contributed by atoms with Gasteiger partial charge in [0.2, 0.25) is 11.0 Å². The lowest BCUT2D eigenvalue weighted by atomic mass is 10.2. The number of hydrogen-bond donors (Lipinski definition) is 1. The van der Waals surface area contributed by atoms with E-state index in [0.717, 1.165) is 0 Å². The van der Waals surface area contributed by atoms with Crippen molar-refractivity contribution < 1.29 is 19.4 Å². The number of carbonyl (C=O) groups is 1. The molecule has 2 aromatic rings. The van der Waals surface area contributed by atoms with Crippen LogP contribution < -0.4 is 4.90 Å². The van der Waals surface area contributed by atoms with Crippen molar-refractivity contribution in [2.75, 3.05) is 0 Å². The fraction of sp³-hybridized carbons (Fsp3) is 0. The number of fused-ring (bicyclic) bond motifs is 1. The molecule has 1 aromatic carbocycles. The zero-order valence-corrected chi connectivity index (χ0v) is 6.30. The van der Waals surface area contributed by atoms with Crippen LogP contribution in [0.5, 0.6) is 0 Å². The molecule has 0 aliphatic heterocycles. The van der Waals surface area contributed by atoms with E-state index in [4.69, 9.17) is 5.11 Å². The van der Waals surface area contributed by atoms with E-state index in [1.807, 2.05) is 0 Å². The van der Waals surface area contributed by atoms with Crippen molar-refractivity contribution in [2.24, 2.45) is 0 Å². The lowest BCUT2D eigenvalue weighted by molar-refractivity contribution is -0.782. The minimum Gasteiger partial charge on any atom is -0.478 e. The van der Waals surface area contributed by atoms with Gasteiger partial charge in [0.1, 0.15) is 5.56 Å². The standard InChI is InChI=1S/C7H4N2O4/c10-7(11)4-2-1-3-5-6(4)9(12)13-8-5/h1-3H,(H,10,11). The molecule has 66 valence electrons. The smallest absolute Gasteiger partial charge is 0.340 e. The van der Waals surface area contributed by atoms with E-state index in [1.54, 1.807) is 0 Å². The molecular weight excluding hydrogens is 176 g/mol. The molecule has 0 bridgehead atoms. The van der Waals surface area contributed by atoms with Crippen molar-refractivity contribution in [3.05, 3.63) is 29.0 Å². The second-order valence-corrected chi connectivity index (χ2v) is 2.41. The molecular formula is C7H4N2O4. The molecule has 0 spiro atoms. The number of aromatic carboxylic acids is 1. The Morgan fingerprint density at radius 3 is 3.08 bits per heavy atom. The molecule has 2 rings (SSSR count). The van der Waals surface area contributed by atoms with E-state index in [0.29, 0.717) is 0 Å². The first kappa shape index (κ1) is 7.53. The van der Waals surface area contributed by atoms with Gasteiger partial charge in [-0.15, -0.1) is 0 Å². The summed E-state index contributed by atoms with van der Waals surface area (Å²) in [6, 6.07) is 4.31. The van der Waals surface area contributed by atoms with E-state index in [9.17, 15) is 10.0 Å². The zero-order chi connectivity index (χ0) is 9.42. The van der Waals surface area contributed by atoms with E-state index in [-0.39, 0.29) is 21.5 Å². The maximum Gasteiger partial charge on any atom is 0.340 e. The predicted octanol–water partition coefficient (Wildman–Crippen LogP) is 0.159. The van der Waals surface area contributed by atoms with Crippen LogP contribution in [0.1, 0.15) is 10.4 Å². The maximum absolute atomic E-state index is 10.9. The van der Waals surface area contributed by atoms with Gasteiger partial charge in [0.15, 0.2) is 0 Å². The van der Waals surface area contributed by atoms with Crippen LogP contribution in [0.3, 0.4) is 0 Å². The molecule has 0 atom stereocenters. The SMILES string of the molecule is O=C(O)c1cccc2no[n+]([O-])c12. The second kappa shape index (κ2) is 2.44. The Morgan fingerprint density at radius 2 is 2.38 bits per heavy atom. The molecule has 1 heterocycles. The number of rotatable bonds is 1. The quantitative estimate of drug-likeness (QED) is 0.631. The number of carboxylic acids is 1. The van der Waals surface area contributed by atoms with E-state index in [2.05, 4.69) is 9.79 Å². The van der Waals surface area contributed by atoms with E-state index < -0.39 is 5.97 Å². The molecule has 0 unspecified atom stereocenters. The largest absolute Gasteiger partial charge is 0.478 e. The minimum absolute atomic E-state index is 0.0602. The number of carboxylic acid groups (broad SMARTS) is 1. The highest BCUT2D eigenvalue weighted by Crippen LogP contribution is 2.12. The van der Waals surface area contributed by atoms with Crippen LogP contribution in [0, 0.1) is 5.21 Å². The van der Waals surface area contributed by atoms with Gasteiger partial charge in [0.25, 0.3) is 0 Å². The van der Waals surface area contributed by atoms with Gasteiger partial charge in [-0.25, -0.2) is 4.79 Å². The van der Waals surface area contributed by atoms with E-state index in [1.165, 1.54) is 18.2 Å². The summed E-state index contributed by atoms with van der Waals surface area (Å²) in [6.45, 7) is 0. The topological polar surface area (TPSA) is 90.3 Å². The first-order valence-corrected chi connectivity index (χ1v) is 3.42. The second-order valence-electron chi connectivity index (χ2n) is 2.41. The average Bonchev–Trinajstić information content (AvgIpc) is 2.48. The van der Waals surface area contributed by atoms with Crippen molar-refractivity contribution in [3.8, 4) is 0 Å². The Kier molecular flexibility index (Phi) is 1.42. The third-order valence-electron chi connectivity index (χ3n) is 1.64. The van der Waals surface area contributed by atoms with Crippen molar-refractivity contribution in [2.45, 2.75) is 0 Å². The summed E-state index contributed by atoms with van der Waals surface area (Å²) in [5.74, 6) is -1.18. The summed E-state index contributed by atoms with van der Waals surface area (Å²) in [7, 11) is 0. The summed E-state index contributed by atoms with van der Waals surface area (Å²) in [4.78, 5) is 10.7. The summed E-state index contributed by atoms with van der Waals surface area (Å²) in [5.41, 5.74) is 0.0543. The summed E-state index contributed by atoms with van der Waals surface area (Å²) < 4.78 is 4.25. The summed E-state index contributed by atoms with van der Waals surface area (Å²) >= 11 is 0. The van der Waals surface area contributed by atoms with Gasteiger partial charge in [-0.1, -0.05) is 6.07 Å². The molecule has 0 fully saturated rings. The van der Waals surface area contributed by atoms with Crippen LogP contribution in [-0.4, -0.2) is 16.2 Å². The van der Waals surface area contributed by atoms with Gasteiger partial charge < -0.3 is 10.3 Å². The molecule has 1 N–H and O–H groups in total. The van der Waals surface area contributed by atoms with Crippen LogP contribution in [-0.2, 0) is 0 Å². The first-order chi connectivity index (χ1) is 6.20. The average molecular weight is 180 g/mol. The highest BCUT2D eigenvalue weighted by Gasteiger charge is 2.18. The van der Waals surface area contributed by atoms with E-state index >= 15 is 0 Å². The molecule has 0 amide bonds. The van der Waals surface area contributed by atoms with Crippen molar-refractivity contribution >= 4 is 17.0 Å². The molecule has 0 aliphatic carbocycles. The van der Waals surface area contributed by atoms with Gasteiger partial charge in [0.05, 0.1) is 0 Å². The highest BCUT2D eigenvalue weighted by atomic mass is 16.8. The fourth-order valence-electron chi connectivity index (χ4n) is 1.09. The van der Waals surface area contributed by atoms with Crippen LogP contribution >= 0.6 is 0 Å². The lowest BCUT2D eigenvalue weighted by Crippen LogP contribution is -2.24. The van der Waals surface area contributed by atoms with Gasteiger partial charge in [-0.3, -0.25) is 4.63 Å². The maximum atomic E-state index is 10.9. The molecule has 13 heavy (non-hydrogen) atoms. The van der Waals surface area contributed by atoms with Crippen LogP contribution in [0.2, 0.25) is 0 Å². The molecule has 6 nitrogen and oxygen atoms in total. The number of nitrogens with zero attached hydrogens (tertiary/aromatic N) is 2. The summed E-state index contributed by atoms with van der Waals surface area (Å²) in [5, 5.41) is 23.0. The monoisotopic (exact) mass is 180 g/mol. The predicted molar refractivity (Wildman–Crippen MR) is 39.9 cm³/mol. The third-order valence-corrected chi connectivity index (χ3v) is 1.64. The van der Waals surface area contributed by atoms with Crippen molar-refractivity contribution in [1.82, 2.24) is 5.16 Å². The molecule has 0 saturated carbocycles. The minimum atomic E-state index is -1.18. The number of para-hydroxylation sites is 1. The molecule has 0 radical (unpaired) electrons. The molecule has 1 aromatic heterocycles. The Balaban J connectivity index is 2.88. The Morgan fingerprint density at radius 1 is 1.62 bits per heavy atom. The van der Waals surface area contributed by atoms with Crippen molar-refractivity contribution in [1.29, 1.82) is 0 Å². The molecule has 0 aliphatic rings.